The number of carbonyl (C=O) groups is 1. The van der Waals surface area contributed by atoms with Gasteiger partial charge in [-0.05, 0) is 0 Å². The Kier molecular flexibility index (Phi) is 4.70. The molecule has 2 rings (SSSR count). The summed E-state index contributed by atoms with van der Waals surface area (Å²) in [6, 6.07) is 0. The number of sulfonamides is 1. The van der Waals surface area contributed by atoms with Gasteiger partial charge >= 0.3 is 5.97 Å². The van der Waals surface area contributed by atoms with E-state index >= 15 is 0 Å². The summed E-state index contributed by atoms with van der Waals surface area (Å²) in [5.41, 5.74) is 0. The minimum Gasteiger partial charge on any atom is -0.481 e. The molecule has 2 heterocycles. The number of nitrogens with zero attached hydrogens (tertiary/aromatic N) is 4. The van der Waals surface area contributed by atoms with Crippen molar-refractivity contribution < 1.29 is 18.3 Å². The second-order valence-electron chi connectivity index (χ2n) is 4.28. The molecule has 114 valence electrons. The quantitative estimate of drug-likeness (QED) is 0.680. The predicted molar refractivity (Wildman–Crippen MR) is 71.9 cm³/mol. The first-order valence-corrected chi connectivity index (χ1v) is 7.65. The molecule has 0 aliphatic heterocycles. The number of carboxylic acid groups (broad SMARTS) is 1. The number of hydrogen-bond donors (Lipinski definition) is 2. The lowest BCUT2D eigenvalue weighted by molar-refractivity contribution is -0.137. The molecule has 0 saturated heterocycles. The summed E-state index contributed by atoms with van der Waals surface area (Å²) >= 11 is 0. The van der Waals surface area contributed by atoms with Crippen molar-refractivity contribution in [1.82, 2.24) is 24.1 Å². The molecular weight excluding hydrogens is 298 g/mol. The lowest BCUT2D eigenvalue weighted by Gasteiger charge is -2.05. The SMILES string of the molecule is O=C(O)CCn1cc(S(=O)(=O)NCCn2ccnc2)cn1. The summed E-state index contributed by atoms with van der Waals surface area (Å²) < 4.78 is 29.5. The Morgan fingerprint density at radius 2 is 2.19 bits per heavy atom. The zero-order valence-electron chi connectivity index (χ0n) is 11.1. The minimum absolute atomic E-state index is 0.0125. The Balaban J connectivity index is 1.91. The molecule has 2 N–H and O–H groups in total. The summed E-state index contributed by atoms with van der Waals surface area (Å²) in [5, 5.41) is 12.4. The normalized spacial score (nSPS) is 11.6. The topological polar surface area (TPSA) is 119 Å². The third-order valence-electron chi connectivity index (χ3n) is 2.70. The standard InChI is InChI=1S/C11H15N5O4S/c17-11(18)1-4-16-8-10(7-13-16)21(19,20)14-3-6-15-5-2-12-9-15/h2,5,7-9,14H,1,3-4,6H2,(H,17,18). The summed E-state index contributed by atoms with van der Waals surface area (Å²) in [7, 11) is -3.65. The van der Waals surface area contributed by atoms with Crippen LogP contribution in [0.3, 0.4) is 0 Å². The van der Waals surface area contributed by atoms with Gasteiger partial charge in [0.2, 0.25) is 10.0 Å². The van der Waals surface area contributed by atoms with Crippen molar-refractivity contribution in [3.8, 4) is 0 Å². The predicted octanol–water partition coefficient (Wildman–Crippen LogP) is -0.467. The maximum Gasteiger partial charge on any atom is 0.305 e. The Hall–Kier alpha value is -2.20. The molecule has 0 bridgehead atoms. The van der Waals surface area contributed by atoms with E-state index < -0.39 is 16.0 Å². The van der Waals surface area contributed by atoms with Crippen LogP contribution in [-0.2, 0) is 27.9 Å². The first-order valence-electron chi connectivity index (χ1n) is 6.17. The Morgan fingerprint density at radius 1 is 1.38 bits per heavy atom. The van der Waals surface area contributed by atoms with Crippen LogP contribution in [0.15, 0.2) is 36.0 Å². The van der Waals surface area contributed by atoms with Crippen molar-refractivity contribution in [2.45, 2.75) is 24.4 Å². The molecule has 0 aliphatic rings. The molecule has 2 aromatic rings. The Bertz CT molecular complexity index is 692. The Labute approximate surface area is 121 Å². The summed E-state index contributed by atoms with van der Waals surface area (Å²) in [6.07, 6.45) is 7.33. The molecule has 10 heteroatoms. The van der Waals surface area contributed by atoms with Crippen LogP contribution >= 0.6 is 0 Å². The molecule has 0 unspecified atom stereocenters. The van der Waals surface area contributed by atoms with E-state index in [-0.39, 0.29) is 24.4 Å². The van der Waals surface area contributed by atoms with Crippen molar-refractivity contribution in [2.75, 3.05) is 6.54 Å². The molecule has 0 aromatic carbocycles. The molecule has 2 aromatic heterocycles. The van der Waals surface area contributed by atoms with Crippen molar-refractivity contribution in [1.29, 1.82) is 0 Å². The average molecular weight is 313 g/mol. The van der Waals surface area contributed by atoms with Crippen LogP contribution in [0.4, 0.5) is 0 Å². The van der Waals surface area contributed by atoms with E-state index in [1.54, 1.807) is 23.3 Å². The minimum atomic E-state index is -3.65. The second-order valence-corrected chi connectivity index (χ2v) is 6.05. The molecule has 0 amide bonds. The van der Waals surface area contributed by atoms with E-state index in [0.717, 1.165) is 0 Å². The highest BCUT2D eigenvalue weighted by atomic mass is 32.2. The van der Waals surface area contributed by atoms with Gasteiger partial charge in [-0.2, -0.15) is 5.10 Å². The van der Waals surface area contributed by atoms with Crippen LogP contribution in [-0.4, -0.2) is 45.4 Å². The highest BCUT2D eigenvalue weighted by molar-refractivity contribution is 7.89. The average Bonchev–Trinajstić information content (AvgIpc) is 3.07. The molecule has 0 radical (unpaired) electrons. The number of carboxylic acids is 1. The van der Waals surface area contributed by atoms with Gasteiger partial charge in [0.15, 0.2) is 0 Å². The lowest BCUT2D eigenvalue weighted by atomic mass is 10.4. The number of hydrogen-bond acceptors (Lipinski definition) is 5. The second kappa shape index (κ2) is 6.50. The van der Waals surface area contributed by atoms with Crippen LogP contribution < -0.4 is 4.72 Å². The van der Waals surface area contributed by atoms with E-state index in [1.807, 2.05) is 0 Å². The zero-order chi connectivity index (χ0) is 15.3. The number of imidazole rings is 1. The summed E-state index contributed by atoms with van der Waals surface area (Å²) in [6.45, 7) is 0.811. The van der Waals surface area contributed by atoms with Gasteiger partial charge in [-0.15, -0.1) is 0 Å². The van der Waals surface area contributed by atoms with E-state index in [4.69, 9.17) is 5.11 Å². The van der Waals surface area contributed by atoms with Crippen LogP contribution in [0.1, 0.15) is 6.42 Å². The molecular formula is C11H15N5O4S. The number of rotatable bonds is 8. The third kappa shape index (κ3) is 4.39. The third-order valence-corrected chi connectivity index (χ3v) is 4.11. The summed E-state index contributed by atoms with van der Waals surface area (Å²) in [5.74, 6) is -0.964. The van der Waals surface area contributed by atoms with Crippen molar-refractivity contribution in [3.63, 3.8) is 0 Å². The van der Waals surface area contributed by atoms with Gasteiger partial charge in [-0.1, -0.05) is 0 Å². The lowest BCUT2D eigenvalue weighted by Crippen LogP contribution is -2.27. The van der Waals surface area contributed by atoms with Gasteiger partial charge in [0.05, 0.1) is 25.5 Å². The smallest absolute Gasteiger partial charge is 0.305 e. The first-order chi connectivity index (χ1) is 9.97. The fourth-order valence-electron chi connectivity index (χ4n) is 1.63. The van der Waals surface area contributed by atoms with Gasteiger partial charge in [-0.25, -0.2) is 18.1 Å². The van der Waals surface area contributed by atoms with Crippen LogP contribution in [0.2, 0.25) is 0 Å². The van der Waals surface area contributed by atoms with Gasteiger partial charge in [0.1, 0.15) is 4.90 Å². The monoisotopic (exact) mass is 313 g/mol. The number of nitrogens with one attached hydrogen (secondary N) is 1. The highest BCUT2D eigenvalue weighted by Crippen LogP contribution is 2.07. The van der Waals surface area contributed by atoms with Crippen molar-refractivity contribution >= 4 is 16.0 Å². The fraction of sp³-hybridized carbons (Fsp3) is 0.364. The van der Waals surface area contributed by atoms with E-state index in [9.17, 15) is 13.2 Å². The molecule has 0 aliphatic carbocycles. The van der Waals surface area contributed by atoms with Gasteiger partial charge in [-0.3, -0.25) is 9.48 Å². The van der Waals surface area contributed by atoms with E-state index in [1.165, 1.54) is 17.1 Å². The zero-order valence-corrected chi connectivity index (χ0v) is 11.9. The molecule has 21 heavy (non-hydrogen) atoms. The first kappa shape index (κ1) is 15.2. The molecule has 0 spiro atoms. The van der Waals surface area contributed by atoms with Crippen molar-refractivity contribution in [3.05, 3.63) is 31.1 Å². The van der Waals surface area contributed by atoms with Crippen LogP contribution in [0, 0.1) is 0 Å². The van der Waals surface area contributed by atoms with Gasteiger partial charge in [0.25, 0.3) is 0 Å². The molecule has 0 atom stereocenters. The molecule has 0 fully saturated rings. The van der Waals surface area contributed by atoms with Gasteiger partial charge in [0, 0.05) is 31.7 Å². The largest absolute Gasteiger partial charge is 0.481 e. The van der Waals surface area contributed by atoms with Gasteiger partial charge < -0.3 is 9.67 Å². The molecule has 0 saturated carbocycles. The fourth-order valence-corrected chi connectivity index (χ4v) is 2.60. The van der Waals surface area contributed by atoms with Crippen LogP contribution in [0.5, 0.6) is 0 Å². The van der Waals surface area contributed by atoms with Crippen molar-refractivity contribution in [2.24, 2.45) is 0 Å². The maximum absolute atomic E-state index is 12.0. The Morgan fingerprint density at radius 3 is 2.86 bits per heavy atom. The molecule has 9 nitrogen and oxygen atoms in total. The van der Waals surface area contributed by atoms with Crippen LogP contribution in [0.25, 0.3) is 0 Å². The van der Waals surface area contributed by atoms with E-state index in [0.29, 0.717) is 6.54 Å². The number of aromatic nitrogens is 4. The number of aryl methyl sites for hydroxylation is 1. The summed E-state index contributed by atoms with van der Waals surface area (Å²) in [4.78, 5) is 14.3. The maximum atomic E-state index is 12.0. The number of aliphatic carboxylic acids is 1. The van der Waals surface area contributed by atoms with E-state index in [2.05, 4.69) is 14.8 Å². The highest BCUT2D eigenvalue weighted by Gasteiger charge is 2.16.